The predicted octanol–water partition coefficient (Wildman–Crippen LogP) is 6.23. The molecule has 0 aromatic heterocycles. The van der Waals surface area contributed by atoms with Crippen molar-refractivity contribution < 1.29 is 4.39 Å². The molecule has 1 aromatic rings. The van der Waals surface area contributed by atoms with Crippen LogP contribution >= 0.6 is 0 Å². The highest BCUT2D eigenvalue weighted by Crippen LogP contribution is 2.27. The fraction of sp³-hybridized carbons (Fsp3) is 0.667. The van der Waals surface area contributed by atoms with Gasteiger partial charge in [0.15, 0.2) is 0 Å². The molecule has 0 nitrogen and oxygen atoms in total. The average molecular weight is 264 g/mol. The van der Waals surface area contributed by atoms with Crippen LogP contribution in [0.25, 0.3) is 0 Å². The summed E-state index contributed by atoms with van der Waals surface area (Å²) in [6.45, 7) is 8.57. The van der Waals surface area contributed by atoms with Gasteiger partial charge in [-0.15, -0.1) is 0 Å². The highest BCUT2D eigenvalue weighted by atomic mass is 19.1. The summed E-state index contributed by atoms with van der Waals surface area (Å²) in [5.74, 6) is 1.09. The fourth-order valence-electron chi connectivity index (χ4n) is 2.63. The lowest BCUT2D eigenvalue weighted by molar-refractivity contribution is 0.429. The van der Waals surface area contributed by atoms with Gasteiger partial charge in [-0.05, 0) is 36.3 Å². The van der Waals surface area contributed by atoms with E-state index in [1.807, 2.05) is 25.1 Å². The van der Waals surface area contributed by atoms with Gasteiger partial charge in [0, 0.05) is 0 Å². The molecule has 0 aliphatic carbocycles. The molecule has 108 valence electrons. The summed E-state index contributed by atoms with van der Waals surface area (Å²) in [5.41, 5.74) is 1.65. The van der Waals surface area contributed by atoms with E-state index in [2.05, 4.69) is 20.8 Å². The van der Waals surface area contributed by atoms with Gasteiger partial charge >= 0.3 is 0 Å². The highest BCUT2D eigenvalue weighted by molar-refractivity contribution is 5.27. The first kappa shape index (κ1) is 16.2. The van der Waals surface area contributed by atoms with E-state index in [9.17, 15) is 4.39 Å². The number of halogens is 1. The minimum Gasteiger partial charge on any atom is -0.206 e. The zero-order chi connectivity index (χ0) is 14.3. The molecule has 2 unspecified atom stereocenters. The topological polar surface area (TPSA) is 0 Å². The molecule has 1 aromatic carbocycles. The van der Waals surface area contributed by atoms with Gasteiger partial charge in [-0.3, -0.25) is 0 Å². The van der Waals surface area contributed by atoms with Crippen molar-refractivity contribution in [2.45, 2.75) is 72.1 Å². The van der Waals surface area contributed by atoms with Gasteiger partial charge in [0.1, 0.15) is 5.82 Å². The Labute approximate surface area is 118 Å². The molecule has 0 N–H and O–H groups in total. The van der Waals surface area contributed by atoms with Crippen LogP contribution in [0.15, 0.2) is 18.2 Å². The predicted molar refractivity (Wildman–Crippen MR) is 82.1 cm³/mol. The summed E-state index contributed by atoms with van der Waals surface area (Å²) < 4.78 is 14.0. The molecule has 0 radical (unpaired) electrons. The maximum atomic E-state index is 14.0. The molecule has 0 heterocycles. The second-order valence-corrected chi connectivity index (χ2v) is 6.06. The van der Waals surface area contributed by atoms with Crippen LogP contribution in [0.4, 0.5) is 4.39 Å². The van der Waals surface area contributed by atoms with E-state index < -0.39 is 0 Å². The Morgan fingerprint density at radius 2 is 1.79 bits per heavy atom. The molecular weight excluding hydrogens is 235 g/mol. The number of hydrogen-bond donors (Lipinski definition) is 0. The molecule has 0 spiro atoms. The summed E-state index contributed by atoms with van der Waals surface area (Å²) in [6, 6.07) is 5.75. The second kappa shape index (κ2) is 8.35. The Morgan fingerprint density at radius 3 is 2.47 bits per heavy atom. The Morgan fingerprint density at radius 1 is 1.05 bits per heavy atom. The minimum atomic E-state index is -0.00589. The fourth-order valence-corrected chi connectivity index (χ4v) is 2.63. The molecule has 0 aliphatic rings. The Bertz CT molecular complexity index is 370. The summed E-state index contributed by atoms with van der Waals surface area (Å²) >= 11 is 0. The Kier molecular flexibility index (Phi) is 7.12. The maximum absolute atomic E-state index is 14.0. The number of rotatable bonds is 8. The lowest BCUT2D eigenvalue weighted by Crippen LogP contribution is -2.03. The van der Waals surface area contributed by atoms with E-state index in [-0.39, 0.29) is 5.82 Å². The third-order valence-corrected chi connectivity index (χ3v) is 4.15. The van der Waals surface area contributed by atoms with E-state index >= 15 is 0 Å². The normalized spacial score (nSPS) is 14.4. The quantitative estimate of drug-likeness (QED) is 0.488. The molecule has 0 saturated heterocycles. The molecule has 0 aliphatic heterocycles. The first-order chi connectivity index (χ1) is 9.06. The van der Waals surface area contributed by atoms with Crippen LogP contribution in [0, 0.1) is 18.7 Å². The van der Waals surface area contributed by atoms with Gasteiger partial charge in [0.2, 0.25) is 0 Å². The summed E-state index contributed by atoms with van der Waals surface area (Å²) in [6.07, 6.45) is 7.58. The van der Waals surface area contributed by atoms with Gasteiger partial charge in [-0.1, -0.05) is 71.1 Å². The largest absolute Gasteiger partial charge is 0.206 e. The van der Waals surface area contributed by atoms with Crippen molar-refractivity contribution in [2.75, 3.05) is 0 Å². The van der Waals surface area contributed by atoms with Crippen LogP contribution in [0.3, 0.4) is 0 Å². The van der Waals surface area contributed by atoms with Crippen molar-refractivity contribution in [3.63, 3.8) is 0 Å². The minimum absolute atomic E-state index is 0.00589. The molecule has 1 heteroatoms. The third-order valence-electron chi connectivity index (χ3n) is 4.15. The lowest BCUT2D eigenvalue weighted by atomic mass is 9.89. The van der Waals surface area contributed by atoms with Gasteiger partial charge in [-0.2, -0.15) is 0 Å². The van der Waals surface area contributed by atoms with E-state index in [0.29, 0.717) is 5.92 Å². The number of hydrogen-bond acceptors (Lipinski definition) is 0. The van der Waals surface area contributed by atoms with Crippen LogP contribution in [0.1, 0.15) is 76.3 Å². The van der Waals surface area contributed by atoms with Gasteiger partial charge in [0.05, 0.1) is 0 Å². The molecule has 0 amide bonds. The SMILES string of the molecule is CCCCCC(C)CCC(C)c1cccc(C)c1F. The molecule has 2 atom stereocenters. The molecule has 0 saturated carbocycles. The smallest absolute Gasteiger partial charge is 0.129 e. The van der Waals surface area contributed by atoms with E-state index in [1.165, 1.54) is 32.1 Å². The average Bonchev–Trinajstić information content (AvgIpc) is 2.39. The standard InChI is InChI=1S/C18H29F/c1-5-6-7-9-14(2)12-13-15(3)17-11-8-10-16(4)18(17)19/h8,10-11,14-15H,5-7,9,12-13H2,1-4H3. The van der Waals surface area contributed by atoms with Crippen molar-refractivity contribution in [1.29, 1.82) is 0 Å². The first-order valence-corrected chi connectivity index (χ1v) is 7.81. The van der Waals surface area contributed by atoms with Crippen LogP contribution in [-0.4, -0.2) is 0 Å². The molecular formula is C18H29F. The van der Waals surface area contributed by atoms with Crippen LogP contribution in [0.2, 0.25) is 0 Å². The molecule has 1 rings (SSSR count). The summed E-state index contributed by atoms with van der Waals surface area (Å²) in [5, 5.41) is 0. The van der Waals surface area contributed by atoms with Crippen molar-refractivity contribution in [2.24, 2.45) is 5.92 Å². The van der Waals surface area contributed by atoms with Crippen LogP contribution < -0.4 is 0 Å². The monoisotopic (exact) mass is 264 g/mol. The third kappa shape index (κ3) is 5.34. The van der Waals surface area contributed by atoms with Gasteiger partial charge < -0.3 is 0 Å². The van der Waals surface area contributed by atoms with Crippen molar-refractivity contribution in [3.05, 3.63) is 35.1 Å². The first-order valence-electron chi connectivity index (χ1n) is 7.81. The van der Waals surface area contributed by atoms with Gasteiger partial charge in [0.25, 0.3) is 0 Å². The van der Waals surface area contributed by atoms with E-state index in [0.717, 1.165) is 23.5 Å². The molecule has 0 fully saturated rings. The summed E-state index contributed by atoms with van der Waals surface area (Å²) in [4.78, 5) is 0. The second-order valence-electron chi connectivity index (χ2n) is 6.06. The highest BCUT2D eigenvalue weighted by Gasteiger charge is 2.13. The Balaban J connectivity index is 2.42. The number of unbranched alkanes of at least 4 members (excludes halogenated alkanes) is 2. The van der Waals surface area contributed by atoms with Crippen LogP contribution in [-0.2, 0) is 0 Å². The van der Waals surface area contributed by atoms with Crippen molar-refractivity contribution >= 4 is 0 Å². The molecule has 19 heavy (non-hydrogen) atoms. The Hall–Kier alpha value is -0.850. The number of aryl methyl sites for hydroxylation is 1. The van der Waals surface area contributed by atoms with Crippen LogP contribution in [0.5, 0.6) is 0 Å². The van der Waals surface area contributed by atoms with E-state index in [4.69, 9.17) is 0 Å². The number of benzene rings is 1. The maximum Gasteiger partial charge on any atom is 0.129 e. The van der Waals surface area contributed by atoms with E-state index in [1.54, 1.807) is 0 Å². The summed E-state index contributed by atoms with van der Waals surface area (Å²) in [7, 11) is 0. The van der Waals surface area contributed by atoms with Gasteiger partial charge in [-0.25, -0.2) is 4.39 Å². The lowest BCUT2D eigenvalue weighted by Gasteiger charge is -2.17. The zero-order valence-electron chi connectivity index (χ0n) is 13.0. The molecule has 0 bridgehead atoms. The van der Waals surface area contributed by atoms with Crippen molar-refractivity contribution in [1.82, 2.24) is 0 Å². The zero-order valence-corrected chi connectivity index (χ0v) is 13.0. The van der Waals surface area contributed by atoms with Crippen molar-refractivity contribution in [3.8, 4) is 0 Å².